The third kappa shape index (κ3) is 3.87. The van der Waals surface area contributed by atoms with Crippen molar-refractivity contribution in [3.05, 3.63) is 35.9 Å². The lowest BCUT2D eigenvalue weighted by Gasteiger charge is -2.37. The molecule has 0 bridgehead atoms. The monoisotopic (exact) mass is 286 g/mol. The van der Waals surface area contributed by atoms with E-state index < -0.39 is 0 Å². The van der Waals surface area contributed by atoms with Crippen LogP contribution in [0.2, 0.25) is 0 Å². The van der Waals surface area contributed by atoms with Crippen molar-refractivity contribution in [1.82, 2.24) is 10.2 Å². The molecular weight excluding hydrogens is 256 g/mol. The maximum absolute atomic E-state index is 3.93. The van der Waals surface area contributed by atoms with E-state index in [1.807, 2.05) is 0 Å². The van der Waals surface area contributed by atoms with E-state index in [0.29, 0.717) is 12.0 Å². The molecule has 0 aromatic heterocycles. The number of nitrogens with zero attached hydrogens (tertiary/aromatic N) is 1. The highest BCUT2D eigenvalue weighted by atomic mass is 15.2. The summed E-state index contributed by atoms with van der Waals surface area (Å²) in [5.74, 6) is 0.717. The third-order valence-electron chi connectivity index (χ3n) is 5.53. The van der Waals surface area contributed by atoms with Gasteiger partial charge in [-0.25, -0.2) is 0 Å². The summed E-state index contributed by atoms with van der Waals surface area (Å²) < 4.78 is 0. The van der Waals surface area contributed by atoms with Gasteiger partial charge in [0.25, 0.3) is 0 Å². The topological polar surface area (TPSA) is 15.3 Å². The average Bonchev–Trinajstić information content (AvgIpc) is 2.55. The van der Waals surface area contributed by atoms with Crippen molar-refractivity contribution < 1.29 is 0 Å². The van der Waals surface area contributed by atoms with Crippen molar-refractivity contribution in [3.63, 3.8) is 0 Å². The number of hydrogen-bond donors (Lipinski definition) is 1. The van der Waals surface area contributed by atoms with Gasteiger partial charge in [-0.2, -0.15) is 0 Å². The van der Waals surface area contributed by atoms with E-state index in [2.05, 4.69) is 47.6 Å². The van der Waals surface area contributed by atoms with Gasteiger partial charge < -0.3 is 10.2 Å². The molecule has 2 fully saturated rings. The van der Waals surface area contributed by atoms with Crippen molar-refractivity contribution in [2.24, 2.45) is 0 Å². The molecule has 3 atom stereocenters. The van der Waals surface area contributed by atoms with Crippen LogP contribution in [-0.4, -0.2) is 37.1 Å². The zero-order valence-electron chi connectivity index (χ0n) is 13.4. The first-order valence-corrected chi connectivity index (χ1v) is 8.83. The van der Waals surface area contributed by atoms with Gasteiger partial charge in [-0.15, -0.1) is 0 Å². The van der Waals surface area contributed by atoms with Crippen molar-refractivity contribution in [2.45, 2.75) is 62.9 Å². The molecule has 2 heteroatoms. The summed E-state index contributed by atoms with van der Waals surface area (Å²) in [5, 5.41) is 3.93. The van der Waals surface area contributed by atoms with Gasteiger partial charge in [0, 0.05) is 18.6 Å². The van der Waals surface area contributed by atoms with Gasteiger partial charge in [0.15, 0.2) is 0 Å². The van der Waals surface area contributed by atoms with E-state index in [4.69, 9.17) is 0 Å². The quantitative estimate of drug-likeness (QED) is 0.906. The standard InChI is InChI=1S/C19H30N2/c1-21-14-8-7-11-17(21)15-20-19-13-6-5-12-18(19)16-9-3-2-4-10-16/h2-4,9-10,17-20H,5-8,11-15H2,1H3. The molecule has 3 rings (SSSR count). The van der Waals surface area contributed by atoms with E-state index >= 15 is 0 Å². The number of rotatable bonds is 4. The molecule has 0 spiro atoms. The van der Waals surface area contributed by atoms with Gasteiger partial charge in [0.1, 0.15) is 0 Å². The van der Waals surface area contributed by atoms with Crippen LogP contribution in [0, 0.1) is 0 Å². The number of piperidine rings is 1. The SMILES string of the molecule is CN1CCCCC1CNC1CCCCC1c1ccccc1. The minimum absolute atomic E-state index is 0.677. The first-order valence-electron chi connectivity index (χ1n) is 8.83. The predicted octanol–water partition coefficient (Wildman–Crippen LogP) is 3.79. The molecule has 1 aromatic carbocycles. The number of likely N-dealkylation sites (N-methyl/N-ethyl adjacent to an activating group) is 1. The molecule has 2 aliphatic rings. The predicted molar refractivity (Wildman–Crippen MR) is 89.7 cm³/mol. The van der Waals surface area contributed by atoms with Crippen LogP contribution in [0.4, 0.5) is 0 Å². The summed E-state index contributed by atoms with van der Waals surface area (Å²) in [6.45, 7) is 2.45. The Bertz CT molecular complexity index is 417. The van der Waals surface area contributed by atoms with E-state index in [-0.39, 0.29) is 0 Å². The molecule has 3 unspecified atom stereocenters. The molecule has 1 aliphatic heterocycles. The van der Waals surface area contributed by atoms with Crippen LogP contribution in [0.1, 0.15) is 56.4 Å². The van der Waals surface area contributed by atoms with Gasteiger partial charge in [0.05, 0.1) is 0 Å². The smallest absolute Gasteiger partial charge is 0.0217 e. The number of nitrogens with one attached hydrogen (secondary N) is 1. The highest BCUT2D eigenvalue weighted by Gasteiger charge is 2.27. The summed E-state index contributed by atoms with van der Waals surface area (Å²) in [6, 6.07) is 12.6. The Morgan fingerprint density at radius 2 is 1.76 bits per heavy atom. The number of benzene rings is 1. The molecule has 1 saturated carbocycles. The zero-order valence-corrected chi connectivity index (χ0v) is 13.4. The maximum atomic E-state index is 3.93. The van der Waals surface area contributed by atoms with Gasteiger partial charge in [0.2, 0.25) is 0 Å². The molecule has 1 heterocycles. The maximum Gasteiger partial charge on any atom is 0.0217 e. The summed E-state index contributed by atoms with van der Waals surface area (Å²) in [6.07, 6.45) is 9.62. The van der Waals surface area contributed by atoms with Crippen LogP contribution in [0.3, 0.4) is 0 Å². The average molecular weight is 286 g/mol. The summed E-state index contributed by atoms with van der Waals surface area (Å²) >= 11 is 0. The lowest BCUT2D eigenvalue weighted by atomic mass is 9.80. The second kappa shape index (κ2) is 7.42. The van der Waals surface area contributed by atoms with Gasteiger partial charge in [-0.05, 0) is 50.8 Å². The van der Waals surface area contributed by atoms with Crippen molar-refractivity contribution in [1.29, 1.82) is 0 Å². The van der Waals surface area contributed by atoms with Crippen molar-refractivity contribution >= 4 is 0 Å². The molecule has 1 aliphatic carbocycles. The van der Waals surface area contributed by atoms with Crippen molar-refractivity contribution in [2.75, 3.05) is 20.1 Å². The van der Waals surface area contributed by atoms with E-state index in [1.165, 1.54) is 63.6 Å². The molecule has 1 aromatic rings. The van der Waals surface area contributed by atoms with Gasteiger partial charge >= 0.3 is 0 Å². The van der Waals surface area contributed by atoms with Crippen molar-refractivity contribution in [3.8, 4) is 0 Å². The molecule has 0 amide bonds. The highest BCUT2D eigenvalue weighted by Crippen LogP contribution is 2.33. The summed E-state index contributed by atoms with van der Waals surface area (Å²) in [5.41, 5.74) is 1.53. The summed E-state index contributed by atoms with van der Waals surface area (Å²) in [4.78, 5) is 2.55. The van der Waals surface area contributed by atoms with Gasteiger partial charge in [-0.3, -0.25) is 0 Å². The molecule has 1 saturated heterocycles. The fraction of sp³-hybridized carbons (Fsp3) is 0.684. The Hall–Kier alpha value is -0.860. The molecule has 1 N–H and O–H groups in total. The Morgan fingerprint density at radius 3 is 2.57 bits per heavy atom. The lowest BCUT2D eigenvalue weighted by Crippen LogP contribution is -2.47. The Kier molecular flexibility index (Phi) is 5.32. The normalized spacial score (nSPS) is 31.2. The second-order valence-corrected chi connectivity index (χ2v) is 6.95. The van der Waals surface area contributed by atoms with E-state index in [9.17, 15) is 0 Å². The van der Waals surface area contributed by atoms with Crippen LogP contribution < -0.4 is 5.32 Å². The highest BCUT2D eigenvalue weighted by molar-refractivity contribution is 5.22. The number of likely N-dealkylation sites (tertiary alicyclic amines) is 1. The molecular formula is C19H30N2. The fourth-order valence-corrected chi connectivity index (χ4v) is 4.16. The van der Waals surface area contributed by atoms with E-state index in [0.717, 1.165) is 6.04 Å². The lowest BCUT2D eigenvalue weighted by molar-refractivity contribution is 0.171. The van der Waals surface area contributed by atoms with Crippen LogP contribution in [0.15, 0.2) is 30.3 Å². The molecule has 2 nitrogen and oxygen atoms in total. The van der Waals surface area contributed by atoms with Crippen LogP contribution >= 0.6 is 0 Å². The third-order valence-corrected chi connectivity index (χ3v) is 5.53. The molecule has 21 heavy (non-hydrogen) atoms. The van der Waals surface area contributed by atoms with Crippen LogP contribution in [0.5, 0.6) is 0 Å². The Labute approximate surface area is 129 Å². The number of hydrogen-bond acceptors (Lipinski definition) is 2. The fourth-order valence-electron chi connectivity index (χ4n) is 4.16. The first-order chi connectivity index (χ1) is 10.3. The summed E-state index contributed by atoms with van der Waals surface area (Å²) in [7, 11) is 2.29. The van der Waals surface area contributed by atoms with Gasteiger partial charge in [-0.1, -0.05) is 49.6 Å². The Balaban J connectivity index is 1.59. The largest absolute Gasteiger partial charge is 0.312 e. The molecule has 116 valence electrons. The zero-order chi connectivity index (χ0) is 14.5. The molecule has 0 radical (unpaired) electrons. The van der Waals surface area contributed by atoms with Crippen LogP contribution in [0.25, 0.3) is 0 Å². The Morgan fingerprint density at radius 1 is 1.00 bits per heavy atom. The first kappa shape index (κ1) is 15.1. The van der Waals surface area contributed by atoms with E-state index in [1.54, 1.807) is 0 Å². The second-order valence-electron chi connectivity index (χ2n) is 6.95. The van der Waals surface area contributed by atoms with Crippen LogP contribution in [-0.2, 0) is 0 Å². The minimum atomic E-state index is 0.677. The minimum Gasteiger partial charge on any atom is -0.312 e.